The van der Waals surface area contributed by atoms with E-state index in [1.807, 2.05) is 0 Å². The Balaban J connectivity index is 2.83. The number of esters is 1. The average Bonchev–Trinajstić information content (AvgIpc) is 2.37. The normalized spacial score (nSPS) is 11.3. The van der Waals surface area contributed by atoms with Gasteiger partial charge in [-0.1, -0.05) is 30.3 Å². The minimum Gasteiger partial charge on any atom is -0.447 e. The average molecular weight is 264 g/mol. The van der Waals surface area contributed by atoms with Crippen LogP contribution in [0.2, 0.25) is 0 Å². The van der Waals surface area contributed by atoms with Gasteiger partial charge in [0.1, 0.15) is 0 Å². The first kappa shape index (κ1) is 14.7. The van der Waals surface area contributed by atoms with Crippen molar-refractivity contribution in [1.29, 1.82) is 0 Å². The number of hydrogen-bond donors (Lipinski definition) is 2. The predicted molar refractivity (Wildman–Crippen MR) is 68.2 cm³/mol. The van der Waals surface area contributed by atoms with E-state index in [9.17, 15) is 14.4 Å². The monoisotopic (exact) mass is 264 g/mol. The molecule has 1 atom stereocenters. The van der Waals surface area contributed by atoms with Crippen molar-refractivity contribution in [3.63, 3.8) is 0 Å². The zero-order chi connectivity index (χ0) is 14.3. The second kappa shape index (κ2) is 7.15. The summed E-state index contributed by atoms with van der Waals surface area (Å²) >= 11 is 0. The second-order valence-corrected chi connectivity index (χ2v) is 3.75. The van der Waals surface area contributed by atoms with Crippen LogP contribution in [0.5, 0.6) is 0 Å². The second-order valence-electron chi connectivity index (χ2n) is 3.75. The smallest absolute Gasteiger partial charge is 0.321 e. The van der Waals surface area contributed by atoms with Crippen molar-refractivity contribution in [2.75, 3.05) is 6.54 Å². The van der Waals surface area contributed by atoms with Gasteiger partial charge in [-0.25, -0.2) is 4.79 Å². The summed E-state index contributed by atoms with van der Waals surface area (Å²) < 4.78 is 4.95. The highest BCUT2D eigenvalue weighted by molar-refractivity contribution is 5.97. The molecule has 0 fully saturated rings. The summed E-state index contributed by atoms with van der Waals surface area (Å²) in [7, 11) is 0. The van der Waals surface area contributed by atoms with Crippen LogP contribution in [-0.4, -0.2) is 24.5 Å². The molecule has 6 nitrogen and oxygen atoms in total. The molecule has 0 aromatic heterocycles. The van der Waals surface area contributed by atoms with Gasteiger partial charge >= 0.3 is 12.0 Å². The summed E-state index contributed by atoms with van der Waals surface area (Å²) in [6, 6.07) is 7.86. The van der Waals surface area contributed by atoms with Crippen molar-refractivity contribution in [3.8, 4) is 0 Å². The fourth-order valence-electron chi connectivity index (χ4n) is 1.45. The number of ether oxygens (including phenoxy) is 1. The molecule has 0 spiro atoms. The van der Waals surface area contributed by atoms with E-state index in [0.717, 1.165) is 0 Å². The lowest BCUT2D eigenvalue weighted by Gasteiger charge is -2.16. The van der Waals surface area contributed by atoms with Gasteiger partial charge in [0.15, 0.2) is 0 Å². The molecule has 0 aliphatic heterocycles. The van der Waals surface area contributed by atoms with Crippen LogP contribution in [0.4, 0.5) is 4.79 Å². The first-order valence-electron chi connectivity index (χ1n) is 5.85. The molecular formula is C13H16N2O4. The summed E-state index contributed by atoms with van der Waals surface area (Å²) in [5.41, 5.74) is 0.500. The Hall–Kier alpha value is -2.37. The molecular weight excluding hydrogens is 248 g/mol. The summed E-state index contributed by atoms with van der Waals surface area (Å²) in [5.74, 6) is -1.28. The molecule has 0 radical (unpaired) electrons. The molecule has 0 bridgehead atoms. The maximum atomic E-state index is 11.9. The third-order valence-electron chi connectivity index (χ3n) is 2.20. The summed E-state index contributed by atoms with van der Waals surface area (Å²) in [5, 5.41) is 4.54. The van der Waals surface area contributed by atoms with Gasteiger partial charge in [-0.3, -0.25) is 14.9 Å². The fourth-order valence-corrected chi connectivity index (χ4v) is 1.45. The number of carbonyl (C=O) groups excluding carboxylic acids is 3. The van der Waals surface area contributed by atoms with Crippen LogP contribution < -0.4 is 10.6 Å². The van der Waals surface area contributed by atoms with Crippen molar-refractivity contribution in [3.05, 3.63) is 35.9 Å². The van der Waals surface area contributed by atoms with Crippen LogP contribution in [-0.2, 0) is 14.3 Å². The van der Waals surface area contributed by atoms with Crippen molar-refractivity contribution < 1.29 is 19.1 Å². The van der Waals surface area contributed by atoms with E-state index in [-0.39, 0.29) is 0 Å². The Morgan fingerprint density at radius 1 is 1.21 bits per heavy atom. The fraction of sp³-hybridized carbons (Fsp3) is 0.308. The maximum Gasteiger partial charge on any atom is 0.321 e. The SMILES string of the molecule is CCNC(=O)NC(=O)[C@H](OC(C)=O)c1ccccc1. The van der Waals surface area contributed by atoms with E-state index in [2.05, 4.69) is 10.6 Å². The van der Waals surface area contributed by atoms with Crippen LogP contribution in [0, 0.1) is 0 Å². The topological polar surface area (TPSA) is 84.5 Å². The number of rotatable bonds is 4. The van der Waals surface area contributed by atoms with Gasteiger partial charge in [0.05, 0.1) is 0 Å². The molecule has 0 saturated heterocycles. The Morgan fingerprint density at radius 3 is 2.37 bits per heavy atom. The molecule has 1 aromatic carbocycles. The van der Waals surface area contributed by atoms with Gasteiger partial charge in [0, 0.05) is 19.0 Å². The van der Waals surface area contributed by atoms with E-state index >= 15 is 0 Å². The van der Waals surface area contributed by atoms with E-state index < -0.39 is 24.0 Å². The standard InChI is InChI=1S/C13H16N2O4/c1-3-14-13(18)15-12(17)11(19-9(2)16)10-7-5-4-6-8-10/h4-8,11H,3H2,1-2H3,(H2,14,15,17,18)/t11-/m1/s1. The van der Waals surface area contributed by atoms with Crippen LogP contribution in [0.25, 0.3) is 0 Å². The van der Waals surface area contributed by atoms with Crippen molar-refractivity contribution in [2.24, 2.45) is 0 Å². The molecule has 2 N–H and O–H groups in total. The third kappa shape index (κ3) is 4.79. The molecule has 102 valence electrons. The van der Waals surface area contributed by atoms with E-state index in [1.54, 1.807) is 37.3 Å². The van der Waals surface area contributed by atoms with Crippen molar-refractivity contribution in [1.82, 2.24) is 10.6 Å². The van der Waals surface area contributed by atoms with Crippen molar-refractivity contribution in [2.45, 2.75) is 20.0 Å². The van der Waals surface area contributed by atoms with Crippen LogP contribution in [0.3, 0.4) is 0 Å². The number of nitrogens with one attached hydrogen (secondary N) is 2. The quantitative estimate of drug-likeness (QED) is 0.798. The zero-order valence-electron chi connectivity index (χ0n) is 10.8. The number of benzene rings is 1. The first-order valence-corrected chi connectivity index (χ1v) is 5.85. The van der Waals surface area contributed by atoms with Crippen molar-refractivity contribution >= 4 is 17.9 Å². The zero-order valence-corrected chi connectivity index (χ0v) is 10.8. The Bertz CT molecular complexity index is 459. The number of hydrogen-bond acceptors (Lipinski definition) is 4. The molecule has 0 unspecified atom stereocenters. The first-order chi connectivity index (χ1) is 9.04. The lowest BCUT2D eigenvalue weighted by atomic mass is 10.1. The summed E-state index contributed by atoms with van der Waals surface area (Å²) in [4.78, 5) is 34.2. The van der Waals surface area contributed by atoms with Gasteiger partial charge in [0.25, 0.3) is 5.91 Å². The van der Waals surface area contributed by atoms with Gasteiger partial charge in [-0.15, -0.1) is 0 Å². The molecule has 3 amide bonds. The maximum absolute atomic E-state index is 11.9. The highest BCUT2D eigenvalue weighted by atomic mass is 16.5. The van der Waals surface area contributed by atoms with Crippen LogP contribution >= 0.6 is 0 Å². The van der Waals surface area contributed by atoms with E-state index in [4.69, 9.17) is 4.74 Å². The molecule has 19 heavy (non-hydrogen) atoms. The van der Waals surface area contributed by atoms with Crippen LogP contribution in [0.1, 0.15) is 25.5 Å². The molecule has 0 heterocycles. The predicted octanol–water partition coefficient (Wildman–Crippen LogP) is 1.14. The van der Waals surface area contributed by atoms with Gasteiger partial charge in [-0.05, 0) is 6.92 Å². The molecule has 1 aromatic rings. The summed E-state index contributed by atoms with van der Waals surface area (Å²) in [6.07, 6.45) is -1.14. The Labute approximate surface area is 111 Å². The summed E-state index contributed by atoms with van der Waals surface area (Å²) in [6.45, 7) is 3.32. The molecule has 0 saturated carbocycles. The Morgan fingerprint density at radius 2 is 1.84 bits per heavy atom. The molecule has 0 aliphatic rings. The highest BCUT2D eigenvalue weighted by Gasteiger charge is 2.25. The lowest BCUT2D eigenvalue weighted by molar-refractivity contribution is -0.154. The number of carbonyl (C=O) groups is 3. The lowest BCUT2D eigenvalue weighted by Crippen LogP contribution is -2.42. The van der Waals surface area contributed by atoms with Gasteiger partial charge in [0.2, 0.25) is 6.10 Å². The highest BCUT2D eigenvalue weighted by Crippen LogP contribution is 2.17. The molecule has 6 heteroatoms. The van der Waals surface area contributed by atoms with Gasteiger partial charge < -0.3 is 10.1 Å². The number of amides is 3. The minimum atomic E-state index is -1.14. The minimum absolute atomic E-state index is 0.392. The van der Waals surface area contributed by atoms with E-state index in [0.29, 0.717) is 12.1 Å². The van der Waals surface area contributed by atoms with Crippen LogP contribution in [0.15, 0.2) is 30.3 Å². The van der Waals surface area contributed by atoms with E-state index in [1.165, 1.54) is 6.92 Å². The van der Waals surface area contributed by atoms with Gasteiger partial charge in [-0.2, -0.15) is 0 Å². The Kier molecular flexibility index (Phi) is 5.53. The third-order valence-corrected chi connectivity index (χ3v) is 2.20. The molecule has 0 aliphatic carbocycles. The number of urea groups is 1. The number of imide groups is 1. The molecule has 1 rings (SSSR count). The largest absolute Gasteiger partial charge is 0.447 e.